The third-order valence-corrected chi connectivity index (χ3v) is 5.11. The highest BCUT2D eigenvalue weighted by molar-refractivity contribution is 5.09. The standard InChI is InChI=1S/C15H32N4/c1-4-8-19(12-11-17(2)3)15(13-16)7-10-18-9-5-6-14(15)18/h14H,4-13,16H2,1-3H3. The van der Waals surface area contributed by atoms with Crippen LogP contribution in [0, 0.1) is 0 Å². The van der Waals surface area contributed by atoms with Crippen molar-refractivity contribution in [1.29, 1.82) is 0 Å². The predicted octanol–water partition coefficient (Wildman–Crippen LogP) is 0.826. The number of likely N-dealkylation sites (N-methyl/N-ethyl adjacent to an activating group) is 1. The molecule has 2 atom stereocenters. The van der Waals surface area contributed by atoms with Gasteiger partial charge in [-0.05, 0) is 52.9 Å². The lowest BCUT2D eigenvalue weighted by Crippen LogP contribution is -2.61. The molecule has 0 spiro atoms. The molecular formula is C15H32N4. The van der Waals surface area contributed by atoms with Crippen molar-refractivity contribution in [2.75, 3.05) is 53.4 Å². The molecule has 0 aromatic heterocycles. The van der Waals surface area contributed by atoms with Gasteiger partial charge >= 0.3 is 0 Å². The molecule has 0 saturated carbocycles. The molecule has 2 aliphatic heterocycles. The second-order valence-corrected chi connectivity index (χ2v) is 6.54. The Morgan fingerprint density at radius 3 is 2.63 bits per heavy atom. The summed E-state index contributed by atoms with van der Waals surface area (Å²) < 4.78 is 0. The van der Waals surface area contributed by atoms with Crippen LogP contribution in [0.5, 0.6) is 0 Å². The van der Waals surface area contributed by atoms with Gasteiger partial charge in [0, 0.05) is 37.8 Å². The summed E-state index contributed by atoms with van der Waals surface area (Å²) in [5.41, 5.74) is 6.53. The lowest BCUT2D eigenvalue weighted by atomic mass is 9.86. The normalized spacial score (nSPS) is 31.6. The van der Waals surface area contributed by atoms with E-state index in [1.54, 1.807) is 0 Å². The topological polar surface area (TPSA) is 35.7 Å². The van der Waals surface area contributed by atoms with Crippen LogP contribution in [0.3, 0.4) is 0 Å². The van der Waals surface area contributed by atoms with Crippen molar-refractivity contribution in [2.45, 2.75) is 44.2 Å². The van der Waals surface area contributed by atoms with Gasteiger partial charge in [-0.1, -0.05) is 6.92 Å². The van der Waals surface area contributed by atoms with Crippen molar-refractivity contribution in [3.63, 3.8) is 0 Å². The average molecular weight is 268 g/mol. The number of nitrogens with zero attached hydrogens (tertiary/aromatic N) is 3. The maximum atomic E-state index is 6.28. The Hall–Kier alpha value is -0.160. The number of fused-ring (bicyclic) bond motifs is 1. The Morgan fingerprint density at radius 2 is 2.00 bits per heavy atom. The molecule has 0 aliphatic carbocycles. The first-order chi connectivity index (χ1) is 9.14. The molecule has 4 nitrogen and oxygen atoms in total. The van der Waals surface area contributed by atoms with E-state index in [2.05, 4.69) is 35.7 Å². The van der Waals surface area contributed by atoms with E-state index in [0.717, 1.165) is 19.6 Å². The summed E-state index contributed by atoms with van der Waals surface area (Å²) in [6.45, 7) is 9.13. The predicted molar refractivity (Wildman–Crippen MR) is 81.4 cm³/mol. The Labute approximate surface area is 118 Å². The molecule has 0 aromatic carbocycles. The molecule has 0 bridgehead atoms. The van der Waals surface area contributed by atoms with Gasteiger partial charge in [0.1, 0.15) is 0 Å². The summed E-state index contributed by atoms with van der Waals surface area (Å²) in [5.74, 6) is 0. The van der Waals surface area contributed by atoms with Gasteiger partial charge in [-0.25, -0.2) is 0 Å². The smallest absolute Gasteiger partial charge is 0.0499 e. The summed E-state index contributed by atoms with van der Waals surface area (Å²) in [4.78, 5) is 7.68. The molecule has 2 saturated heterocycles. The van der Waals surface area contributed by atoms with Crippen LogP contribution in [0.15, 0.2) is 0 Å². The number of nitrogens with two attached hydrogens (primary N) is 1. The second kappa shape index (κ2) is 6.53. The Morgan fingerprint density at radius 1 is 1.21 bits per heavy atom. The van der Waals surface area contributed by atoms with Crippen LogP contribution in [-0.4, -0.2) is 79.6 Å². The summed E-state index contributed by atoms with van der Waals surface area (Å²) in [6, 6.07) is 0.714. The van der Waals surface area contributed by atoms with E-state index in [0.29, 0.717) is 6.04 Å². The first-order valence-corrected chi connectivity index (χ1v) is 7.98. The molecule has 2 aliphatic rings. The van der Waals surface area contributed by atoms with Gasteiger partial charge < -0.3 is 10.6 Å². The van der Waals surface area contributed by atoms with E-state index < -0.39 is 0 Å². The molecule has 2 unspecified atom stereocenters. The van der Waals surface area contributed by atoms with Gasteiger partial charge in [0.05, 0.1) is 0 Å². The maximum Gasteiger partial charge on any atom is 0.0499 e. The van der Waals surface area contributed by atoms with E-state index in [4.69, 9.17) is 5.73 Å². The molecule has 0 amide bonds. The van der Waals surface area contributed by atoms with Gasteiger partial charge in [0.25, 0.3) is 0 Å². The van der Waals surface area contributed by atoms with Gasteiger partial charge in [0.15, 0.2) is 0 Å². The third kappa shape index (κ3) is 2.97. The van der Waals surface area contributed by atoms with Gasteiger partial charge in [0.2, 0.25) is 0 Å². The van der Waals surface area contributed by atoms with Gasteiger partial charge in [-0.2, -0.15) is 0 Å². The van der Waals surface area contributed by atoms with Gasteiger partial charge in [-0.15, -0.1) is 0 Å². The fourth-order valence-electron chi connectivity index (χ4n) is 4.09. The fraction of sp³-hybridized carbons (Fsp3) is 1.00. The van der Waals surface area contributed by atoms with Crippen LogP contribution in [0.1, 0.15) is 32.6 Å². The maximum absolute atomic E-state index is 6.28. The molecule has 4 heteroatoms. The summed E-state index contributed by atoms with van der Waals surface area (Å²) in [7, 11) is 4.32. The zero-order valence-electron chi connectivity index (χ0n) is 13.1. The summed E-state index contributed by atoms with van der Waals surface area (Å²) in [6.07, 6.45) is 5.20. The molecular weight excluding hydrogens is 236 g/mol. The zero-order chi connectivity index (χ0) is 13.9. The minimum absolute atomic E-state index is 0.252. The Balaban J connectivity index is 2.11. The van der Waals surface area contributed by atoms with E-state index in [9.17, 15) is 0 Å². The number of hydrogen-bond donors (Lipinski definition) is 1. The highest BCUT2D eigenvalue weighted by Crippen LogP contribution is 2.39. The van der Waals surface area contributed by atoms with Crippen LogP contribution in [0.2, 0.25) is 0 Å². The SMILES string of the molecule is CCCN(CCN(C)C)C1(CN)CCN2CCCC21. The molecule has 2 rings (SSSR count). The largest absolute Gasteiger partial charge is 0.329 e. The van der Waals surface area contributed by atoms with Crippen molar-refractivity contribution in [3.8, 4) is 0 Å². The minimum Gasteiger partial charge on any atom is -0.329 e. The summed E-state index contributed by atoms with van der Waals surface area (Å²) in [5, 5.41) is 0. The van der Waals surface area contributed by atoms with Crippen molar-refractivity contribution in [3.05, 3.63) is 0 Å². The number of hydrogen-bond acceptors (Lipinski definition) is 4. The van der Waals surface area contributed by atoms with Crippen LogP contribution in [0.25, 0.3) is 0 Å². The van der Waals surface area contributed by atoms with E-state index in [1.807, 2.05) is 0 Å². The minimum atomic E-state index is 0.252. The third-order valence-electron chi connectivity index (χ3n) is 5.11. The Kier molecular flexibility index (Phi) is 5.23. The molecule has 2 fully saturated rings. The van der Waals surface area contributed by atoms with Gasteiger partial charge in [-0.3, -0.25) is 9.80 Å². The molecule has 2 heterocycles. The monoisotopic (exact) mass is 268 g/mol. The van der Waals surface area contributed by atoms with Crippen molar-refractivity contribution < 1.29 is 0 Å². The second-order valence-electron chi connectivity index (χ2n) is 6.54. The van der Waals surface area contributed by atoms with Crippen LogP contribution < -0.4 is 5.73 Å². The zero-order valence-corrected chi connectivity index (χ0v) is 13.1. The van der Waals surface area contributed by atoms with E-state index >= 15 is 0 Å². The van der Waals surface area contributed by atoms with Crippen LogP contribution in [-0.2, 0) is 0 Å². The van der Waals surface area contributed by atoms with E-state index in [-0.39, 0.29) is 5.54 Å². The first-order valence-electron chi connectivity index (χ1n) is 7.98. The van der Waals surface area contributed by atoms with Crippen LogP contribution >= 0.6 is 0 Å². The quantitative estimate of drug-likeness (QED) is 0.742. The first kappa shape index (κ1) is 15.2. The van der Waals surface area contributed by atoms with Crippen LogP contribution in [0.4, 0.5) is 0 Å². The highest BCUT2D eigenvalue weighted by atomic mass is 15.3. The Bertz CT molecular complexity index is 281. The molecule has 19 heavy (non-hydrogen) atoms. The van der Waals surface area contributed by atoms with Crippen molar-refractivity contribution in [1.82, 2.24) is 14.7 Å². The lowest BCUT2D eigenvalue weighted by molar-refractivity contribution is 0.0590. The van der Waals surface area contributed by atoms with Crippen molar-refractivity contribution in [2.24, 2.45) is 5.73 Å². The van der Waals surface area contributed by atoms with E-state index in [1.165, 1.54) is 45.3 Å². The molecule has 0 radical (unpaired) electrons. The highest BCUT2D eigenvalue weighted by Gasteiger charge is 2.51. The van der Waals surface area contributed by atoms with Crippen molar-refractivity contribution >= 4 is 0 Å². The summed E-state index contributed by atoms with van der Waals surface area (Å²) >= 11 is 0. The lowest BCUT2D eigenvalue weighted by Gasteiger charge is -2.45. The number of rotatable bonds is 7. The fourth-order valence-corrected chi connectivity index (χ4v) is 4.09. The molecule has 0 aromatic rings. The average Bonchev–Trinajstić information content (AvgIpc) is 2.96. The molecule has 2 N–H and O–H groups in total. The molecule has 112 valence electrons.